The molecule has 1 saturated carbocycles. The highest BCUT2D eigenvalue weighted by Gasteiger charge is 2.30. The lowest BCUT2D eigenvalue weighted by atomic mass is 9.93. The Bertz CT molecular complexity index is 1180. The largest absolute Gasteiger partial charge is 0.493 e. The molecule has 2 bridgehead atoms. The lowest BCUT2D eigenvalue weighted by Gasteiger charge is -2.34. The number of aromatic nitrogens is 2. The number of nitrogens with one attached hydrogen (secondary N) is 3. The van der Waals surface area contributed by atoms with Crippen molar-refractivity contribution in [2.24, 2.45) is 0 Å². The number of hydrogen-bond donors (Lipinski definition) is 3. The predicted octanol–water partition coefficient (Wildman–Crippen LogP) is 4.03. The van der Waals surface area contributed by atoms with Gasteiger partial charge in [-0.3, -0.25) is 9.59 Å². The van der Waals surface area contributed by atoms with Crippen LogP contribution in [-0.4, -0.2) is 59.5 Å². The number of methoxy groups -OCH3 is 1. The summed E-state index contributed by atoms with van der Waals surface area (Å²) < 4.78 is 11.5. The summed E-state index contributed by atoms with van der Waals surface area (Å²) in [4.78, 5) is 36.8. The molecule has 10 heteroatoms. The highest BCUT2D eigenvalue weighted by atomic mass is 16.5. The lowest BCUT2D eigenvalue weighted by Crippen LogP contribution is -2.42. The Balaban J connectivity index is 1.43. The monoisotopic (exact) mass is 506 g/mol. The molecule has 3 aliphatic rings. The topological polar surface area (TPSA) is 118 Å². The summed E-state index contributed by atoms with van der Waals surface area (Å²) in [7, 11) is 1.59. The molecule has 0 radical (unpaired) electrons. The van der Waals surface area contributed by atoms with Gasteiger partial charge in [-0.1, -0.05) is 19.3 Å². The molecule has 1 aromatic carbocycles. The van der Waals surface area contributed by atoms with Gasteiger partial charge in [-0.05, 0) is 37.8 Å². The minimum atomic E-state index is -0.250. The first-order chi connectivity index (χ1) is 18.1. The van der Waals surface area contributed by atoms with Crippen LogP contribution in [0, 0.1) is 0 Å². The average Bonchev–Trinajstić information content (AvgIpc) is 3.25. The van der Waals surface area contributed by atoms with Gasteiger partial charge in [0.2, 0.25) is 5.91 Å². The summed E-state index contributed by atoms with van der Waals surface area (Å²) in [5.41, 5.74) is 1.81. The summed E-state index contributed by atoms with van der Waals surface area (Å²) in [5, 5.41) is 9.38. The van der Waals surface area contributed by atoms with Crippen molar-refractivity contribution in [3.8, 4) is 11.5 Å². The molecule has 0 saturated heterocycles. The fourth-order valence-corrected chi connectivity index (χ4v) is 5.24. The number of ether oxygens (including phenoxy) is 2. The van der Waals surface area contributed by atoms with Crippen molar-refractivity contribution in [1.82, 2.24) is 14.9 Å². The van der Waals surface area contributed by atoms with E-state index in [9.17, 15) is 9.59 Å². The molecule has 2 amide bonds. The van der Waals surface area contributed by atoms with E-state index in [1.807, 2.05) is 18.2 Å². The van der Waals surface area contributed by atoms with Crippen LogP contribution in [0.15, 0.2) is 30.7 Å². The standard InChI is InChI=1S/C27H34N6O4/c1-36-21-11-10-18-15-22(21)37-14-5-9-23(34)33(19-7-3-2-4-8-19)13-6-12-28-25-24-20(16-29-18)27(35)32-26(24)31-17-30-25/h10-11,15-17,19,29H,2-9,12-14H2,1H3,(H2,28,30,31,32,35)/b20-16-. The van der Waals surface area contributed by atoms with Crippen LogP contribution in [0.4, 0.5) is 17.3 Å². The maximum absolute atomic E-state index is 13.3. The molecule has 2 aliphatic heterocycles. The number of carbonyl (C=O) groups is 2. The minimum Gasteiger partial charge on any atom is -0.493 e. The van der Waals surface area contributed by atoms with Crippen LogP contribution >= 0.6 is 0 Å². The van der Waals surface area contributed by atoms with Gasteiger partial charge in [0.05, 0.1) is 24.9 Å². The lowest BCUT2D eigenvalue weighted by molar-refractivity contribution is -0.134. The van der Waals surface area contributed by atoms with Gasteiger partial charge >= 0.3 is 0 Å². The molecule has 2 aromatic rings. The molecular weight excluding hydrogens is 472 g/mol. The third-order valence-electron chi connectivity index (χ3n) is 7.14. The Labute approximate surface area is 216 Å². The summed E-state index contributed by atoms with van der Waals surface area (Å²) in [5.74, 6) is 2.17. The van der Waals surface area contributed by atoms with Gasteiger partial charge in [-0.2, -0.15) is 0 Å². The van der Waals surface area contributed by atoms with E-state index in [4.69, 9.17) is 9.47 Å². The van der Waals surface area contributed by atoms with Crippen LogP contribution in [-0.2, 0) is 9.59 Å². The zero-order valence-electron chi connectivity index (χ0n) is 21.2. The Kier molecular flexibility index (Phi) is 7.72. The van der Waals surface area contributed by atoms with Gasteiger partial charge in [-0.25, -0.2) is 9.97 Å². The normalized spacial score (nSPS) is 20.7. The Morgan fingerprint density at radius 3 is 2.73 bits per heavy atom. The molecule has 37 heavy (non-hydrogen) atoms. The van der Waals surface area contributed by atoms with Crippen LogP contribution < -0.4 is 25.4 Å². The van der Waals surface area contributed by atoms with Gasteiger partial charge in [0.15, 0.2) is 11.5 Å². The second-order valence-electron chi connectivity index (χ2n) is 9.58. The smallest absolute Gasteiger partial charge is 0.259 e. The molecule has 3 N–H and O–H groups in total. The van der Waals surface area contributed by atoms with E-state index in [0.29, 0.717) is 72.9 Å². The number of amides is 2. The number of anilines is 3. The molecular formula is C27H34N6O4. The zero-order valence-corrected chi connectivity index (χ0v) is 21.2. The van der Waals surface area contributed by atoms with E-state index in [-0.39, 0.29) is 11.8 Å². The van der Waals surface area contributed by atoms with Crippen LogP contribution in [0.5, 0.6) is 11.5 Å². The minimum absolute atomic E-state index is 0.182. The van der Waals surface area contributed by atoms with Crippen LogP contribution in [0.1, 0.15) is 56.9 Å². The van der Waals surface area contributed by atoms with Crippen molar-refractivity contribution < 1.29 is 19.1 Å². The second kappa shape index (κ2) is 11.5. The first-order valence-corrected chi connectivity index (χ1v) is 13.1. The zero-order chi connectivity index (χ0) is 25.6. The van der Waals surface area contributed by atoms with Crippen molar-refractivity contribution in [2.45, 2.75) is 57.4 Å². The number of rotatable bonds is 2. The quantitative estimate of drug-likeness (QED) is 0.559. The van der Waals surface area contributed by atoms with E-state index in [0.717, 1.165) is 24.9 Å². The van der Waals surface area contributed by atoms with Gasteiger partial charge in [-0.15, -0.1) is 0 Å². The van der Waals surface area contributed by atoms with E-state index >= 15 is 0 Å². The first-order valence-electron chi connectivity index (χ1n) is 13.1. The molecule has 0 atom stereocenters. The van der Waals surface area contributed by atoms with E-state index in [1.165, 1.54) is 25.6 Å². The Morgan fingerprint density at radius 2 is 1.89 bits per heavy atom. The van der Waals surface area contributed by atoms with E-state index < -0.39 is 0 Å². The number of carbonyl (C=O) groups excluding carboxylic acids is 2. The number of benzene rings is 1. The highest BCUT2D eigenvalue weighted by molar-refractivity contribution is 6.32. The molecule has 0 unspecified atom stereocenters. The number of nitrogens with zero attached hydrogens (tertiary/aromatic N) is 3. The summed E-state index contributed by atoms with van der Waals surface area (Å²) >= 11 is 0. The molecule has 10 nitrogen and oxygen atoms in total. The SMILES string of the molecule is COc1ccc2cc1OCCCC(=O)N(C1CCCCC1)CCCNc1ncnc3c1/C(=C/N2)C(=O)N3. The number of fused-ring (bicyclic) bond motifs is 2. The molecule has 1 aliphatic carbocycles. The molecule has 196 valence electrons. The van der Waals surface area contributed by atoms with Crippen molar-refractivity contribution in [3.63, 3.8) is 0 Å². The van der Waals surface area contributed by atoms with Gasteiger partial charge in [0.1, 0.15) is 18.0 Å². The predicted molar refractivity (Wildman–Crippen MR) is 142 cm³/mol. The Hall–Kier alpha value is -3.82. The molecule has 1 fully saturated rings. The van der Waals surface area contributed by atoms with Crippen molar-refractivity contribution >= 4 is 34.7 Å². The van der Waals surface area contributed by atoms with Crippen LogP contribution in [0.3, 0.4) is 0 Å². The third-order valence-corrected chi connectivity index (χ3v) is 7.14. The molecule has 3 heterocycles. The molecule has 1 aromatic heterocycles. The highest BCUT2D eigenvalue weighted by Crippen LogP contribution is 2.35. The Morgan fingerprint density at radius 1 is 1.05 bits per heavy atom. The fraction of sp³-hybridized carbons (Fsp3) is 0.481. The van der Waals surface area contributed by atoms with Gasteiger partial charge < -0.3 is 30.3 Å². The second-order valence-corrected chi connectivity index (χ2v) is 9.58. The maximum atomic E-state index is 13.3. The van der Waals surface area contributed by atoms with E-state index in [2.05, 4.69) is 30.8 Å². The van der Waals surface area contributed by atoms with Crippen molar-refractivity contribution in [2.75, 3.05) is 42.8 Å². The average molecular weight is 507 g/mol. The van der Waals surface area contributed by atoms with Gasteiger partial charge in [0, 0.05) is 43.5 Å². The summed E-state index contributed by atoms with van der Waals surface area (Å²) in [6.45, 7) is 1.71. The number of hydrogen-bond acceptors (Lipinski definition) is 8. The fourth-order valence-electron chi connectivity index (χ4n) is 5.24. The summed E-state index contributed by atoms with van der Waals surface area (Å²) in [6.07, 6.45) is 10.7. The maximum Gasteiger partial charge on any atom is 0.259 e. The summed E-state index contributed by atoms with van der Waals surface area (Å²) in [6, 6.07) is 5.78. The van der Waals surface area contributed by atoms with E-state index in [1.54, 1.807) is 13.3 Å². The van der Waals surface area contributed by atoms with Gasteiger partial charge in [0.25, 0.3) is 5.91 Å². The van der Waals surface area contributed by atoms with Crippen LogP contribution in [0.2, 0.25) is 0 Å². The third kappa shape index (κ3) is 5.63. The molecule has 5 rings (SSSR count). The van der Waals surface area contributed by atoms with Crippen LogP contribution in [0.25, 0.3) is 5.57 Å². The first kappa shape index (κ1) is 24.9. The van der Waals surface area contributed by atoms with Crippen molar-refractivity contribution in [3.05, 3.63) is 36.3 Å². The molecule has 0 spiro atoms. The van der Waals surface area contributed by atoms with Crippen molar-refractivity contribution in [1.29, 1.82) is 0 Å².